The van der Waals surface area contributed by atoms with E-state index < -0.39 is 0 Å². The summed E-state index contributed by atoms with van der Waals surface area (Å²) in [6, 6.07) is 14.8. The molecule has 0 atom stereocenters. The lowest BCUT2D eigenvalue weighted by atomic mass is 9.98. The number of carbonyl (C=O) groups is 1. The summed E-state index contributed by atoms with van der Waals surface area (Å²) in [4.78, 5) is 11.2. The quantitative estimate of drug-likeness (QED) is 0.0551. The number of aldehydes is 1. The Morgan fingerprint density at radius 2 is 0.833 bits per heavy atom. The molecule has 0 aromatic heterocycles. The molecule has 0 amide bonds. The van der Waals surface area contributed by atoms with Crippen LogP contribution in [0.5, 0.6) is 5.75 Å². The third-order valence-corrected chi connectivity index (χ3v) is 10.2. The van der Waals surface area contributed by atoms with E-state index in [1.165, 1.54) is 191 Å². The molecule has 2 rings (SSSR count). The van der Waals surface area contributed by atoms with Gasteiger partial charge >= 0.3 is 0 Å². The first-order valence-corrected chi connectivity index (χ1v) is 21.1. The second-order valence-corrected chi connectivity index (χ2v) is 14.7. The lowest BCUT2D eigenvalue weighted by Crippen LogP contribution is -1.99. The predicted molar refractivity (Wildman–Crippen MR) is 212 cm³/mol. The Bertz CT molecular complexity index is 994. The molecule has 0 heterocycles. The Kier molecular flexibility index (Phi) is 27.1. The molecular formula is C46H76O2. The van der Waals surface area contributed by atoms with Crippen LogP contribution in [0.25, 0.3) is 11.1 Å². The second-order valence-electron chi connectivity index (χ2n) is 14.7. The fourth-order valence-electron chi connectivity index (χ4n) is 7.00. The third-order valence-electron chi connectivity index (χ3n) is 10.2. The van der Waals surface area contributed by atoms with Crippen molar-refractivity contribution in [1.29, 1.82) is 0 Å². The first-order chi connectivity index (χ1) is 23.8. The number of hydrogen-bond donors (Lipinski definition) is 0. The van der Waals surface area contributed by atoms with Gasteiger partial charge in [-0.3, -0.25) is 4.79 Å². The van der Waals surface area contributed by atoms with Crippen LogP contribution >= 0.6 is 0 Å². The Hall–Kier alpha value is -2.09. The van der Waals surface area contributed by atoms with Crippen LogP contribution in [0, 0.1) is 0 Å². The lowest BCUT2D eigenvalue weighted by Gasteiger charge is -2.12. The summed E-state index contributed by atoms with van der Waals surface area (Å²) < 4.78 is 6.34. The molecule has 272 valence electrons. The molecule has 0 aliphatic heterocycles. The molecule has 2 aromatic rings. The van der Waals surface area contributed by atoms with E-state index in [4.69, 9.17) is 4.74 Å². The van der Waals surface area contributed by atoms with E-state index in [0.29, 0.717) is 0 Å². The largest absolute Gasteiger partial charge is 0.494 e. The lowest BCUT2D eigenvalue weighted by molar-refractivity contribution is 0.112. The van der Waals surface area contributed by atoms with Crippen LogP contribution in [0.3, 0.4) is 0 Å². The summed E-state index contributed by atoms with van der Waals surface area (Å²) in [6.45, 7) is 5.39. The van der Waals surface area contributed by atoms with Gasteiger partial charge in [-0.15, -0.1) is 0 Å². The van der Waals surface area contributed by atoms with Gasteiger partial charge in [0, 0.05) is 5.56 Å². The number of unbranched alkanes of at least 4 members (excludes halogenated alkanes) is 27. The summed E-state index contributed by atoms with van der Waals surface area (Å²) in [5.74, 6) is 0.998. The van der Waals surface area contributed by atoms with Crippen molar-refractivity contribution < 1.29 is 9.53 Å². The number of rotatable bonds is 34. The van der Waals surface area contributed by atoms with Crippen molar-refractivity contribution in [2.24, 2.45) is 0 Å². The van der Waals surface area contributed by atoms with Crippen LogP contribution in [0.1, 0.15) is 216 Å². The highest BCUT2D eigenvalue weighted by molar-refractivity contribution is 5.77. The molecule has 0 radical (unpaired) electrons. The zero-order valence-corrected chi connectivity index (χ0v) is 31.9. The van der Waals surface area contributed by atoms with Gasteiger partial charge in [0.1, 0.15) is 12.0 Å². The molecule has 0 unspecified atom stereocenters. The molecular weight excluding hydrogens is 585 g/mol. The molecule has 0 bridgehead atoms. The average molecular weight is 661 g/mol. The van der Waals surface area contributed by atoms with E-state index in [1.807, 2.05) is 12.1 Å². The van der Waals surface area contributed by atoms with Crippen molar-refractivity contribution in [3.8, 4) is 16.9 Å². The van der Waals surface area contributed by atoms with Crippen LogP contribution in [0.4, 0.5) is 0 Å². The second kappa shape index (κ2) is 30.9. The Morgan fingerprint density at radius 3 is 1.25 bits per heavy atom. The van der Waals surface area contributed by atoms with Crippen molar-refractivity contribution in [3.63, 3.8) is 0 Å². The maximum Gasteiger partial charge on any atom is 0.150 e. The van der Waals surface area contributed by atoms with Gasteiger partial charge < -0.3 is 4.74 Å². The van der Waals surface area contributed by atoms with Crippen LogP contribution in [0.2, 0.25) is 0 Å². The average Bonchev–Trinajstić information content (AvgIpc) is 3.11. The molecule has 0 aliphatic carbocycles. The highest BCUT2D eigenvalue weighted by atomic mass is 16.5. The van der Waals surface area contributed by atoms with Crippen molar-refractivity contribution in [2.75, 3.05) is 6.61 Å². The van der Waals surface area contributed by atoms with E-state index >= 15 is 0 Å². The van der Waals surface area contributed by atoms with E-state index in [1.54, 1.807) is 0 Å². The molecule has 0 spiro atoms. The zero-order valence-electron chi connectivity index (χ0n) is 31.9. The number of hydrogen-bond acceptors (Lipinski definition) is 2. The topological polar surface area (TPSA) is 26.3 Å². The number of carbonyl (C=O) groups excluding carboxylic acids is 1. The Labute approximate surface area is 298 Å². The van der Waals surface area contributed by atoms with E-state index in [-0.39, 0.29) is 0 Å². The minimum Gasteiger partial charge on any atom is -0.494 e. The van der Waals surface area contributed by atoms with Crippen molar-refractivity contribution in [3.05, 3.63) is 53.6 Å². The molecule has 0 aliphatic rings. The Balaban J connectivity index is 1.61. The maximum absolute atomic E-state index is 11.2. The summed E-state index contributed by atoms with van der Waals surface area (Å²) in [7, 11) is 0. The molecule has 48 heavy (non-hydrogen) atoms. The number of ether oxygens (including phenoxy) is 1. The van der Waals surface area contributed by atoms with Gasteiger partial charge in [-0.2, -0.15) is 0 Å². The van der Waals surface area contributed by atoms with E-state index in [9.17, 15) is 4.79 Å². The van der Waals surface area contributed by atoms with Gasteiger partial charge in [-0.05, 0) is 48.1 Å². The van der Waals surface area contributed by atoms with Crippen molar-refractivity contribution in [1.82, 2.24) is 0 Å². The molecule has 2 nitrogen and oxygen atoms in total. The van der Waals surface area contributed by atoms with Crippen LogP contribution in [-0.4, -0.2) is 12.9 Å². The highest BCUT2D eigenvalue weighted by Crippen LogP contribution is 2.28. The molecule has 0 saturated heterocycles. The molecule has 2 heteroatoms. The standard InChI is InChI=1S/C46H76O2/c1-3-5-7-9-11-13-15-17-18-19-21-23-25-27-29-31-37-48-46-39-43(38-45(40-46)44-35-33-42(41-47)34-36-44)32-30-28-26-24-22-20-16-14-12-10-8-6-4-2/h33-36,38-41H,3-32,37H2,1-2H3. The van der Waals surface area contributed by atoms with Crippen molar-refractivity contribution in [2.45, 2.75) is 206 Å². The van der Waals surface area contributed by atoms with E-state index in [0.717, 1.165) is 42.6 Å². The first kappa shape index (κ1) is 42.1. The van der Waals surface area contributed by atoms with Gasteiger partial charge in [0.15, 0.2) is 0 Å². The number of benzene rings is 2. The minimum absolute atomic E-state index is 0.724. The predicted octanol–water partition coefficient (Wildman–Crippen LogP) is 15.4. The smallest absolute Gasteiger partial charge is 0.150 e. The molecule has 0 fully saturated rings. The van der Waals surface area contributed by atoms with Gasteiger partial charge in [0.2, 0.25) is 0 Å². The number of aryl methyl sites for hydroxylation is 1. The van der Waals surface area contributed by atoms with Gasteiger partial charge in [0.05, 0.1) is 6.61 Å². The highest BCUT2D eigenvalue weighted by Gasteiger charge is 2.06. The molecule has 0 N–H and O–H groups in total. The summed E-state index contributed by atoms with van der Waals surface area (Å²) in [5.41, 5.74) is 4.44. The van der Waals surface area contributed by atoms with Gasteiger partial charge in [-0.1, -0.05) is 218 Å². The van der Waals surface area contributed by atoms with Crippen LogP contribution in [-0.2, 0) is 6.42 Å². The normalized spacial score (nSPS) is 11.3. The van der Waals surface area contributed by atoms with Gasteiger partial charge in [0.25, 0.3) is 0 Å². The third kappa shape index (κ3) is 22.5. The SMILES string of the molecule is CCCCCCCCCCCCCCCCCCOc1cc(CCCCCCCCCCCCCCC)cc(-c2ccc(C=O)cc2)c1. The maximum atomic E-state index is 11.2. The molecule has 2 aromatic carbocycles. The van der Waals surface area contributed by atoms with E-state index in [2.05, 4.69) is 44.2 Å². The monoisotopic (exact) mass is 661 g/mol. The van der Waals surface area contributed by atoms with Crippen LogP contribution in [0.15, 0.2) is 42.5 Å². The van der Waals surface area contributed by atoms with Gasteiger partial charge in [-0.25, -0.2) is 0 Å². The van der Waals surface area contributed by atoms with Crippen LogP contribution < -0.4 is 4.74 Å². The first-order valence-electron chi connectivity index (χ1n) is 21.1. The fourth-order valence-corrected chi connectivity index (χ4v) is 7.00. The Morgan fingerprint density at radius 1 is 0.438 bits per heavy atom. The zero-order chi connectivity index (χ0) is 34.2. The summed E-state index contributed by atoms with van der Waals surface area (Å²) in [5, 5.41) is 0. The minimum atomic E-state index is 0.724. The van der Waals surface area contributed by atoms with Crippen molar-refractivity contribution >= 4 is 6.29 Å². The summed E-state index contributed by atoms with van der Waals surface area (Å²) in [6.07, 6.45) is 42.2. The fraction of sp³-hybridized carbons (Fsp3) is 0.717. The summed E-state index contributed by atoms with van der Waals surface area (Å²) >= 11 is 0. The molecule has 0 saturated carbocycles.